The average molecular weight is 268 g/mol. The highest BCUT2D eigenvalue weighted by Crippen LogP contribution is 2.22. The Morgan fingerprint density at radius 2 is 2.33 bits per heavy atom. The molecule has 0 radical (unpaired) electrons. The van der Waals surface area contributed by atoms with Crippen molar-refractivity contribution in [2.45, 2.75) is 6.42 Å². The Balaban J connectivity index is 2.77. The Morgan fingerprint density at radius 3 is 3.00 bits per heavy atom. The van der Waals surface area contributed by atoms with E-state index in [9.17, 15) is 4.79 Å². The Labute approximate surface area is 111 Å². The van der Waals surface area contributed by atoms with E-state index in [4.69, 9.17) is 21.4 Å². The number of methoxy groups -OCH3 is 1. The second-order valence-corrected chi connectivity index (χ2v) is 3.85. The molecule has 0 aliphatic carbocycles. The second-order valence-electron chi connectivity index (χ2n) is 3.45. The Bertz CT molecular complexity index is 477. The van der Waals surface area contributed by atoms with E-state index in [1.807, 2.05) is 0 Å². The molecule has 1 rings (SSSR count). The summed E-state index contributed by atoms with van der Waals surface area (Å²) in [6.45, 7) is 0.144. The number of hydrogen-bond acceptors (Lipinski definition) is 3. The largest absolute Gasteiger partial charge is 0.384 e. The van der Waals surface area contributed by atoms with Crippen molar-refractivity contribution in [3.05, 3.63) is 28.8 Å². The first-order chi connectivity index (χ1) is 8.67. The Morgan fingerprint density at radius 1 is 1.56 bits per heavy atom. The summed E-state index contributed by atoms with van der Waals surface area (Å²) in [7, 11) is 1.53. The quantitative estimate of drug-likeness (QED) is 0.816. The summed E-state index contributed by atoms with van der Waals surface area (Å²) < 4.78 is 4.81. The maximum absolute atomic E-state index is 11.5. The van der Waals surface area contributed by atoms with E-state index in [-0.39, 0.29) is 18.9 Å². The van der Waals surface area contributed by atoms with Crippen LogP contribution in [0.25, 0.3) is 0 Å². The highest BCUT2D eigenvalue weighted by atomic mass is 35.5. The molecule has 0 heterocycles. The zero-order valence-corrected chi connectivity index (χ0v) is 10.8. The van der Waals surface area contributed by atoms with Crippen molar-refractivity contribution in [1.29, 1.82) is 0 Å². The molecular formula is C13H14ClNO3. The third kappa shape index (κ3) is 4.76. The van der Waals surface area contributed by atoms with Gasteiger partial charge in [0.2, 0.25) is 5.91 Å². The molecule has 0 saturated carbocycles. The van der Waals surface area contributed by atoms with Gasteiger partial charge in [-0.2, -0.15) is 0 Å². The van der Waals surface area contributed by atoms with Gasteiger partial charge in [-0.1, -0.05) is 23.4 Å². The molecule has 0 saturated heterocycles. The van der Waals surface area contributed by atoms with Gasteiger partial charge in [-0.25, -0.2) is 0 Å². The maximum Gasteiger partial charge on any atom is 0.226 e. The summed E-state index contributed by atoms with van der Waals surface area (Å²) in [6, 6.07) is 5.03. The summed E-state index contributed by atoms with van der Waals surface area (Å²) in [6.07, 6.45) is 0.263. The van der Waals surface area contributed by atoms with Crippen LogP contribution in [0.3, 0.4) is 0 Å². The molecule has 1 aromatic rings. The lowest BCUT2D eigenvalue weighted by Gasteiger charge is -2.07. The first-order valence-electron chi connectivity index (χ1n) is 5.35. The molecule has 0 aliphatic heterocycles. The van der Waals surface area contributed by atoms with Gasteiger partial charge >= 0.3 is 0 Å². The van der Waals surface area contributed by atoms with Gasteiger partial charge in [0.25, 0.3) is 0 Å². The van der Waals surface area contributed by atoms with Gasteiger partial charge in [0.05, 0.1) is 23.7 Å². The summed E-state index contributed by atoms with van der Waals surface area (Å²) >= 11 is 5.96. The van der Waals surface area contributed by atoms with Crippen LogP contribution in [-0.4, -0.2) is 31.3 Å². The van der Waals surface area contributed by atoms with E-state index < -0.39 is 0 Å². The van der Waals surface area contributed by atoms with Gasteiger partial charge in [-0.15, -0.1) is 0 Å². The van der Waals surface area contributed by atoms with E-state index in [2.05, 4.69) is 17.2 Å². The van der Waals surface area contributed by atoms with Crippen molar-refractivity contribution >= 4 is 23.2 Å². The van der Waals surface area contributed by atoms with Gasteiger partial charge in [-0.05, 0) is 18.2 Å². The zero-order valence-electron chi connectivity index (χ0n) is 10.00. The van der Waals surface area contributed by atoms with Crippen molar-refractivity contribution < 1.29 is 14.6 Å². The number of hydrogen-bond donors (Lipinski definition) is 2. The summed E-state index contributed by atoms with van der Waals surface area (Å²) in [5, 5.41) is 11.7. The van der Waals surface area contributed by atoms with Crippen LogP contribution in [0.1, 0.15) is 12.0 Å². The molecule has 0 spiro atoms. The highest BCUT2D eigenvalue weighted by Gasteiger charge is 2.06. The molecule has 5 heteroatoms. The molecule has 0 aromatic heterocycles. The number of carbonyl (C=O) groups excluding carboxylic acids is 1. The van der Waals surface area contributed by atoms with Crippen molar-refractivity contribution in [3.8, 4) is 11.8 Å². The van der Waals surface area contributed by atoms with Crippen LogP contribution >= 0.6 is 11.6 Å². The number of nitrogens with one attached hydrogen (secondary N) is 1. The van der Waals surface area contributed by atoms with Gasteiger partial charge in [0.15, 0.2) is 0 Å². The van der Waals surface area contributed by atoms with Gasteiger partial charge in [-0.3, -0.25) is 4.79 Å². The smallest absolute Gasteiger partial charge is 0.226 e. The van der Waals surface area contributed by atoms with Crippen molar-refractivity contribution in [2.24, 2.45) is 0 Å². The third-order valence-corrected chi connectivity index (χ3v) is 2.42. The molecule has 1 amide bonds. The first-order valence-corrected chi connectivity index (χ1v) is 5.73. The Kier molecular flexibility index (Phi) is 6.23. The molecule has 0 unspecified atom stereocenters. The van der Waals surface area contributed by atoms with Gasteiger partial charge in [0, 0.05) is 12.7 Å². The van der Waals surface area contributed by atoms with E-state index >= 15 is 0 Å². The summed E-state index contributed by atoms with van der Waals surface area (Å²) in [5.41, 5.74) is 1.18. The maximum atomic E-state index is 11.5. The number of halogens is 1. The number of amides is 1. The first kappa shape index (κ1) is 14.5. The van der Waals surface area contributed by atoms with E-state index in [0.29, 0.717) is 22.9 Å². The summed E-state index contributed by atoms with van der Waals surface area (Å²) in [4.78, 5) is 11.5. The van der Waals surface area contributed by atoms with E-state index in [1.54, 1.807) is 18.2 Å². The monoisotopic (exact) mass is 267 g/mol. The second kappa shape index (κ2) is 7.72. The molecule has 2 N–H and O–H groups in total. The number of carbonyl (C=O) groups is 1. The van der Waals surface area contributed by atoms with Crippen LogP contribution in [-0.2, 0) is 9.53 Å². The molecular weight excluding hydrogens is 254 g/mol. The standard InChI is InChI=1S/C13H14ClNO3/c1-18-8-6-13(17)15-12-9-10(3-2-7-16)4-5-11(12)14/h4-5,9,16H,6-8H2,1H3,(H,15,17). The molecule has 96 valence electrons. The predicted octanol–water partition coefficient (Wildman–Crippen LogP) is 1.66. The lowest BCUT2D eigenvalue weighted by molar-refractivity contribution is -0.117. The third-order valence-electron chi connectivity index (χ3n) is 2.09. The minimum Gasteiger partial charge on any atom is -0.384 e. The molecule has 18 heavy (non-hydrogen) atoms. The fourth-order valence-corrected chi connectivity index (χ4v) is 1.41. The van der Waals surface area contributed by atoms with Crippen molar-refractivity contribution in [2.75, 3.05) is 25.6 Å². The Hall–Kier alpha value is -1.54. The summed E-state index contributed by atoms with van der Waals surface area (Å²) in [5.74, 6) is 5.10. The number of aliphatic hydroxyl groups excluding tert-OH is 1. The average Bonchev–Trinajstić information content (AvgIpc) is 2.37. The minimum absolute atomic E-state index is 0.175. The minimum atomic E-state index is -0.210. The van der Waals surface area contributed by atoms with Crippen molar-refractivity contribution in [1.82, 2.24) is 0 Å². The normalized spacial score (nSPS) is 9.50. The molecule has 4 nitrogen and oxygen atoms in total. The SMILES string of the molecule is COCCC(=O)Nc1cc(C#CCO)ccc1Cl. The highest BCUT2D eigenvalue weighted by molar-refractivity contribution is 6.33. The van der Waals surface area contributed by atoms with Crippen LogP contribution in [0.2, 0.25) is 5.02 Å². The number of benzene rings is 1. The van der Waals surface area contributed by atoms with Crippen LogP contribution in [0, 0.1) is 11.8 Å². The number of ether oxygens (including phenoxy) is 1. The van der Waals surface area contributed by atoms with Gasteiger partial charge < -0.3 is 15.2 Å². The van der Waals surface area contributed by atoms with E-state index in [0.717, 1.165) is 0 Å². The molecule has 0 atom stereocenters. The number of rotatable bonds is 4. The lowest BCUT2D eigenvalue weighted by Crippen LogP contribution is -2.13. The molecule has 0 bridgehead atoms. The fraction of sp³-hybridized carbons (Fsp3) is 0.308. The molecule has 0 fully saturated rings. The molecule has 0 aliphatic rings. The van der Waals surface area contributed by atoms with Gasteiger partial charge in [0.1, 0.15) is 6.61 Å². The zero-order chi connectivity index (χ0) is 13.4. The number of anilines is 1. The molecule has 1 aromatic carbocycles. The van der Waals surface area contributed by atoms with E-state index in [1.165, 1.54) is 7.11 Å². The number of aliphatic hydroxyl groups is 1. The van der Waals surface area contributed by atoms with Crippen LogP contribution in [0.15, 0.2) is 18.2 Å². The predicted molar refractivity (Wildman–Crippen MR) is 70.5 cm³/mol. The van der Waals surface area contributed by atoms with Crippen LogP contribution in [0.4, 0.5) is 5.69 Å². The topological polar surface area (TPSA) is 58.6 Å². The van der Waals surface area contributed by atoms with Crippen molar-refractivity contribution in [3.63, 3.8) is 0 Å². The van der Waals surface area contributed by atoms with Crippen LogP contribution < -0.4 is 5.32 Å². The van der Waals surface area contributed by atoms with Crippen LogP contribution in [0.5, 0.6) is 0 Å². The lowest BCUT2D eigenvalue weighted by atomic mass is 10.2. The fourth-order valence-electron chi connectivity index (χ4n) is 1.25.